The van der Waals surface area contributed by atoms with E-state index in [0.717, 1.165) is 43.6 Å². The first-order valence-corrected chi connectivity index (χ1v) is 7.56. The third-order valence-electron chi connectivity index (χ3n) is 2.90. The fourth-order valence-corrected chi connectivity index (χ4v) is 2.66. The number of aromatic nitrogens is 2. The molecule has 0 aromatic carbocycles. The highest BCUT2D eigenvalue weighted by molar-refractivity contribution is 9.10. The van der Waals surface area contributed by atoms with Gasteiger partial charge in [0.25, 0.3) is 0 Å². The van der Waals surface area contributed by atoms with E-state index in [1.165, 1.54) is 5.69 Å². The predicted molar refractivity (Wildman–Crippen MR) is 77.7 cm³/mol. The minimum atomic E-state index is 0.340. The first kappa shape index (κ1) is 15.7. The van der Waals surface area contributed by atoms with Gasteiger partial charge in [-0.2, -0.15) is 5.10 Å². The third-order valence-corrected chi connectivity index (χ3v) is 3.51. The summed E-state index contributed by atoms with van der Waals surface area (Å²) in [5.74, 6) is 0. The quantitative estimate of drug-likeness (QED) is 0.711. The van der Waals surface area contributed by atoms with Crippen molar-refractivity contribution in [1.82, 2.24) is 15.1 Å². The van der Waals surface area contributed by atoms with Crippen LogP contribution in [0, 0.1) is 0 Å². The van der Waals surface area contributed by atoms with Crippen molar-refractivity contribution in [1.29, 1.82) is 0 Å². The van der Waals surface area contributed by atoms with Gasteiger partial charge in [-0.15, -0.1) is 0 Å². The van der Waals surface area contributed by atoms with Crippen LogP contribution in [0.3, 0.4) is 0 Å². The molecule has 0 aliphatic heterocycles. The van der Waals surface area contributed by atoms with Gasteiger partial charge in [0.05, 0.1) is 22.4 Å². The lowest BCUT2D eigenvalue weighted by Crippen LogP contribution is -2.24. The van der Waals surface area contributed by atoms with Gasteiger partial charge in [0, 0.05) is 19.8 Å². The zero-order valence-electron chi connectivity index (χ0n) is 11.6. The average Bonchev–Trinajstić information content (AvgIpc) is 2.74. The fraction of sp³-hybridized carbons (Fsp3) is 0.769. The van der Waals surface area contributed by atoms with E-state index in [-0.39, 0.29) is 0 Å². The Hall–Kier alpha value is -0.390. The minimum Gasteiger partial charge on any atom is -0.382 e. The molecule has 0 fully saturated rings. The summed E-state index contributed by atoms with van der Waals surface area (Å²) in [4.78, 5) is 0. The van der Waals surface area contributed by atoms with Crippen LogP contribution in [0.2, 0.25) is 0 Å². The highest BCUT2D eigenvalue weighted by atomic mass is 79.9. The lowest BCUT2D eigenvalue weighted by atomic mass is 10.1. The van der Waals surface area contributed by atoms with Gasteiger partial charge in [0.15, 0.2) is 0 Å². The first-order chi connectivity index (χ1) is 8.74. The van der Waals surface area contributed by atoms with Gasteiger partial charge in [-0.25, -0.2) is 0 Å². The molecular weight excluding hydrogens is 294 g/mol. The van der Waals surface area contributed by atoms with E-state index in [1.807, 2.05) is 13.1 Å². The summed E-state index contributed by atoms with van der Waals surface area (Å²) in [6, 6.07) is 0.340. The molecule has 1 aromatic rings. The van der Waals surface area contributed by atoms with Gasteiger partial charge >= 0.3 is 0 Å². The number of ether oxygens (including phenoxy) is 1. The summed E-state index contributed by atoms with van der Waals surface area (Å²) in [6.45, 7) is 9.76. The highest BCUT2D eigenvalue weighted by Crippen LogP contribution is 2.26. The Kier molecular flexibility index (Phi) is 7.54. The van der Waals surface area contributed by atoms with Crippen molar-refractivity contribution in [2.75, 3.05) is 19.8 Å². The third kappa shape index (κ3) is 4.37. The molecule has 0 saturated heterocycles. The molecule has 0 aliphatic carbocycles. The molecule has 0 amide bonds. The topological polar surface area (TPSA) is 39.1 Å². The molecule has 104 valence electrons. The summed E-state index contributed by atoms with van der Waals surface area (Å²) in [5.41, 5.74) is 1.25. The number of hydrogen-bond donors (Lipinski definition) is 1. The maximum absolute atomic E-state index is 5.40. The molecule has 0 aliphatic rings. The van der Waals surface area contributed by atoms with Crippen LogP contribution in [0.1, 0.15) is 45.3 Å². The van der Waals surface area contributed by atoms with Crippen molar-refractivity contribution < 1.29 is 4.74 Å². The van der Waals surface area contributed by atoms with Crippen molar-refractivity contribution >= 4 is 15.9 Å². The second kappa shape index (κ2) is 8.67. The molecule has 0 spiro atoms. The van der Waals surface area contributed by atoms with E-state index in [2.05, 4.69) is 44.9 Å². The molecule has 0 radical (unpaired) electrons. The van der Waals surface area contributed by atoms with Crippen LogP contribution in [-0.2, 0) is 11.3 Å². The SMILES string of the molecule is CCNC(CCCOCC)c1c(Br)cnn1CC. The Bertz CT molecular complexity index is 341. The summed E-state index contributed by atoms with van der Waals surface area (Å²) in [7, 11) is 0. The molecular formula is C13H24BrN3O. The van der Waals surface area contributed by atoms with Gasteiger partial charge in [0.1, 0.15) is 0 Å². The molecule has 1 heterocycles. The molecule has 1 aromatic heterocycles. The number of nitrogens with zero attached hydrogens (tertiary/aromatic N) is 2. The zero-order chi connectivity index (χ0) is 13.4. The van der Waals surface area contributed by atoms with Crippen LogP contribution in [0.15, 0.2) is 10.7 Å². The van der Waals surface area contributed by atoms with E-state index in [0.29, 0.717) is 6.04 Å². The molecule has 4 nitrogen and oxygen atoms in total. The van der Waals surface area contributed by atoms with E-state index in [9.17, 15) is 0 Å². The van der Waals surface area contributed by atoms with Gasteiger partial charge in [0.2, 0.25) is 0 Å². The molecule has 1 N–H and O–H groups in total. The molecule has 1 atom stereocenters. The van der Waals surface area contributed by atoms with Crippen molar-refractivity contribution in [3.05, 3.63) is 16.4 Å². The standard InChI is InChI=1S/C13H24BrN3O/c1-4-15-12(8-7-9-18-6-3)13-11(14)10-16-17(13)5-2/h10,12,15H,4-9H2,1-3H3. The first-order valence-electron chi connectivity index (χ1n) is 6.76. The minimum absolute atomic E-state index is 0.340. The lowest BCUT2D eigenvalue weighted by molar-refractivity contribution is 0.140. The largest absolute Gasteiger partial charge is 0.382 e. The summed E-state index contributed by atoms with van der Waals surface area (Å²) in [5, 5.41) is 7.91. The van der Waals surface area contributed by atoms with Crippen molar-refractivity contribution in [2.24, 2.45) is 0 Å². The lowest BCUT2D eigenvalue weighted by Gasteiger charge is -2.19. The highest BCUT2D eigenvalue weighted by Gasteiger charge is 2.18. The predicted octanol–water partition coefficient (Wildman–Crippen LogP) is 3.13. The Morgan fingerprint density at radius 3 is 2.83 bits per heavy atom. The second-order valence-electron chi connectivity index (χ2n) is 4.14. The number of halogens is 1. The molecule has 1 rings (SSSR count). The number of aryl methyl sites for hydroxylation is 1. The fourth-order valence-electron chi connectivity index (χ4n) is 2.09. The molecule has 0 saturated carbocycles. The van der Waals surface area contributed by atoms with Crippen molar-refractivity contribution in [3.63, 3.8) is 0 Å². The molecule has 1 unspecified atom stereocenters. The Labute approximate surface area is 118 Å². The van der Waals surface area contributed by atoms with Gasteiger partial charge in [-0.05, 0) is 49.2 Å². The number of nitrogens with one attached hydrogen (secondary N) is 1. The number of hydrogen-bond acceptors (Lipinski definition) is 3. The summed E-state index contributed by atoms with van der Waals surface area (Å²) in [6.07, 6.45) is 4.01. The average molecular weight is 318 g/mol. The van der Waals surface area contributed by atoms with Gasteiger partial charge in [-0.1, -0.05) is 6.92 Å². The Balaban J connectivity index is 2.67. The van der Waals surface area contributed by atoms with E-state index in [4.69, 9.17) is 4.74 Å². The molecule has 18 heavy (non-hydrogen) atoms. The van der Waals surface area contributed by atoms with Gasteiger partial charge < -0.3 is 10.1 Å². The van der Waals surface area contributed by atoms with Crippen LogP contribution in [0.5, 0.6) is 0 Å². The maximum Gasteiger partial charge on any atom is 0.0695 e. The summed E-state index contributed by atoms with van der Waals surface area (Å²) >= 11 is 3.60. The monoisotopic (exact) mass is 317 g/mol. The maximum atomic E-state index is 5.40. The number of rotatable bonds is 9. The van der Waals surface area contributed by atoms with Crippen LogP contribution in [-0.4, -0.2) is 29.5 Å². The normalized spacial score (nSPS) is 12.9. The zero-order valence-corrected chi connectivity index (χ0v) is 13.2. The Morgan fingerprint density at radius 1 is 1.44 bits per heavy atom. The van der Waals surface area contributed by atoms with Crippen molar-refractivity contribution in [3.8, 4) is 0 Å². The van der Waals surface area contributed by atoms with Crippen molar-refractivity contribution in [2.45, 2.75) is 46.2 Å². The van der Waals surface area contributed by atoms with E-state index >= 15 is 0 Å². The van der Waals surface area contributed by atoms with Crippen LogP contribution >= 0.6 is 15.9 Å². The van der Waals surface area contributed by atoms with Crippen LogP contribution in [0.25, 0.3) is 0 Å². The van der Waals surface area contributed by atoms with E-state index in [1.54, 1.807) is 0 Å². The van der Waals surface area contributed by atoms with Crippen LogP contribution in [0.4, 0.5) is 0 Å². The Morgan fingerprint density at radius 2 is 2.22 bits per heavy atom. The van der Waals surface area contributed by atoms with Gasteiger partial charge in [-0.3, -0.25) is 4.68 Å². The summed E-state index contributed by atoms with van der Waals surface area (Å²) < 4.78 is 8.55. The molecule has 0 bridgehead atoms. The van der Waals surface area contributed by atoms with Crippen LogP contribution < -0.4 is 5.32 Å². The smallest absolute Gasteiger partial charge is 0.0695 e. The second-order valence-corrected chi connectivity index (χ2v) is 5.00. The molecule has 5 heteroatoms. The van der Waals surface area contributed by atoms with E-state index < -0.39 is 0 Å².